The van der Waals surface area contributed by atoms with E-state index in [2.05, 4.69) is 102 Å². The maximum atomic E-state index is 6.84. The van der Waals surface area contributed by atoms with Crippen LogP contribution in [0.2, 0.25) is 0 Å². The molecule has 0 saturated heterocycles. The Kier molecular flexibility index (Phi) is 7.78. The highest BCUT2D eigenvalue weighted by molar-refractivity contribution is 7.81. The molecule has 1 atom stereocenters. The van der Waals surface area contributed by atoms with Gasteiger partial charge in [-0.1, -0.05) is 121 Å². The molecule has 3 heteroatoms. The van der Waals surface area contributed by atoms with Crippen molar-refractivity contribution in [1.82, 2.24) is 5.32 Å². The molecule has 162 valence electrons. The number of ether oxygens (including phenoxy) is 1. The lowest BCUT2D eigenvalue weighted by Gasteiger charge is -2.36. The van der Waals surface area contributed by atoms with E-state index < -0.39 is 5.60 Å². The Labute approximate surface area is 196 Å². The van der Waals surface area contributed by atoms with Crippen molar-refractivity contribution in [2.75, 3.05) is 13.2 Å². The molecule has 1 N–H and O–H groups in total. The Balaban J connectivity index is 1.58. The van der Waals surface area contributed by atoms with Gasteiger partial charge >= 0.3 is 0 Å². The van der Waals surface area contributed by atoms with Crippen LogP contribution in [0.25, 0.3) is 0 Å². The number of hydrogen-bond donors (Lipinski definition) is 2. The quantitative estimate of drug-likeness (QED) is 0.231. The van der Waals surface area contributed by atoms with Crippen molar-refractivity contribution in [2.45, 2.75) is 17.4 Å². The molecular formula is C29H29NOS. The van der Waals surface area contributed by atoms with Crippen molar-refractivity contribution in [2.24, 2.45) is 0 Å². The van der Waals surface area contributed by atoms with Gasteiger partial charge in [0.15, 0.2) is 0 Å². The van der Waals surface area contributed by atoms with Gasteiger partial charge in [-0.3, -0.25) is 0 Å². The highest BCUT2D eigenvalue weighted by Gasteiger charge is 2.37. The molecule has 0 heterocycles. The van der Waals surface area contributed by atoms with Crippen LogP contribution in [-0.2, 0) is 16.9 Å². The second kappa shape index (κ2) is 11.1. The third kappa shape index (κ3) is 5.31. The molecule has 0 bridgehead atoms. The zero-order valence-corrected chi connectivity index (χ0v) is 19.0. The van der Waals surface area contributed by atoms with Gasteiger partial charge in [0.2, 0.25) is 0 Å². The van der Waals surface area contributed by atoms with E-state index in [1.54, 1.807) is 0 Å². The Morgan fingerprint density at radius 2 is 1.03 bits per heavy atom. The van der Waals surface area contributed by atoms with Crippen molar-refractivity contribution < 1.29 is 4.74 Å². The first-order valence-electron chi connectivity index (χ1n) is 11.0. The SMILES string of the molecule is SC(CNCc1ccccc1)COC(c1ccccc1)(c1ccccc1)c1ccccc1. The molecule has 0 saturated carbocycles. The molecule has 32 heavy (non-hydrogen) atoms. The van der Waals surface area contributed by atoms with Gasteiger partial charge in [-0.15, -0.1) is 0 Å². The summed E-state index contributed by atoms with van der Waals surface area (Å²) >= 11 is 4.84. The van der Waals surface area contributed by atoms with Crippen LogP contribution in [0.1, 0.15) is 22.3 Å². The van der Waals surface area contributed by atoms with Crippen LogP contribution < -0.4 is 5.32 Å². The second-order valence-electron chi connectivity index (χ2n) is 7.86. The lowest BCUT2D eigenvalue weighted by molar-refractivity contribution is 0.0141. The third-order valence-electron chi connectivity index (χ3n) is 5.59. The van der Waals surface area contributed by atoms with Gasteiger partial charge in [0.05, 0.1) is 6.61 Å². The first kappa shape index (κ1) is 22.3. The summed E-state index contributed by atoms with van der Waals surface area (Å²) in [5, 5.41) is 3.55. The molecule has 4 aromatic rings. The Morgan fingerprint density at radius 1 is 0.625 bits per heavy atom. The van der Waals surface area contributed by atoms with Gasteiger partial charge in [0.25, 0.3) is 0 Å². The maximum Gasteiger partial charge on any atom is 0.143 e. The summed E-state index contributed by atoms with van der Waals surface area (Å²) < 4.78 is 6.84. The molecule has 4 rings (SSSR count). The molecule has 0 fully saturated rings. The predicted molar refractivity (Wildman–Crippen MR) is 136 cm³/mol. The van der Waals surface area contributed by atoms with Crippen LogP contribution in [0, 0.1) is 0 Å². The summed E-state index contributed by atoms with van der Waals surface area (Å²) in [6.45, 7) is 2.08. The van der Waals surface area contributed by atoms with Crippen molar-refractivity contribution in [3.8, 4) is 0 Å². The molecule has 0 spiro atoms. The minimum absolute atomic E-state index is 0.0502. The van der Waals surface area contributed by atoms with Crippen molar-refractivity contribution in [3.05, 3.63) is 144 Å². The highest BCUT2D eigenvalue weighted by Crippen LogP contribution is 2.40. The largest absolute Gasteiger partial charge is 0.360 e. The molecule has 2 nitrogen and oxygen atoms in total. The molecule has 4 aromatic carbocycles. The van der Waals surface area contributed by atoms with Gasteiger partial charge in [0, 0.05) is 18.3 Å². The van der Waals surface area contributed by atoms with Crippen LogP contribution in [0.3, 0.4) is 0 Å². The Morgan fingerprint density at radius 3 is 1.47 bits per heavy atom. The number of hydrogen-bond acceptors (Lipinski definition) is 3. The summed E-state index contributed by atoms with van der Waals surface area (Å²) in [6.07, 6.45) is 0. The van der Waals surface area contributed by atoms with Crippen LogP contribution in [0.5, 0.6) is 0 Å². The standard InChI is InChI=1S/C29H29NOS/c32-28(22-30-21-24-13-5-1-6-14-24)23-31-29(25-15-7-2-8-16-25,26-17-9-3-10-18-26)27-19-11-4-12-20-27/h1-20,28,30,32H,21-23H2. The van der Waals surface area contributed by atoms with E-state index in [0.717, 1.165) is 29.8 Å². The average molecular weight is 440 g/mol. The van der Waals surface area contributed by atoms with Crippen LogP contribution in [0.15, 0.2) is 121 Å². The summed E-state index contributed by atoms with van der Waals surface area (Å²) in [4.78, 5) is 0. The van der Waals surface area contributed by atoms with Gasteiger partial charge in [-0.25, -0.2) is 0 Å². The monoisotopic (exact) mass is 439 g/mol. The van der Waals surface area contributed by atoms with Crippen molar-refractivity contribution in [3.63, 3.8) is 0 Å². The fraction of sp³-hybridized carbons (Fsp3) is 0.172. The fourth-order valence-electron chi connectivity index (χ4n) is 4.03. The average Bonchev–Trinajstić information content (AvgIpc) is 2.87. The first-order valence-corrected chi connectivity index (χ1v) is 11.5. The van der Waals surface area contributed by atoms with E-state index >= 15 is 0 Å². The maximum absolute atomic E-state index is 6.84. The van der Waals surface area contributed by atoms with Gasteiger partial charge in [0.1, 0.15) is 5.60 Å². The first-order chi connectivity index (χ1) is 15.8. The smallest absolute Gasteiger partial charge is 0.143 e. The minimum Gasteiger partial charge on any atom is -0.360 e. The van der Waals surface area contributed by atoms with E-state index in [1.165, 1.54) is 5.56 Å². The molecule has 0 radical (unpaired) electrons. The number of nitrogens with one attached hydrogen (secondary N) is 1. The summed E-state index contributed by atoms with van der Waals surface area (Å²) in [5.41, 5.74) is 3.88. The molecule has 0 aromatic heterocycles. The number of rotatable bonds is 10. The fourth-order valence-corrected chi connectivity index (χ4v) is 4.23. The van der Waals surface area contributed by atoms with E-state index in [9.17, 15) is 0 Å². The molecule has 0 aliphatic carbocycles. The second-order valence-corrected chi connectivity index (χ2v) is 8.59. The van der Waals surface area contributed by atoms with E-state index in [-0.39, 0.29) is 5.25 Å². The summed E-state index contributed by atoms with van der Waals surface area (Å²) in [5.74, 6) is 0. The zero-order valence-electron chi connectivity index (χ0n) is 18.1. The predicted octanol–water partition coefficient (Wildman–Crippen LogP) is 6.08. The van der Waals surface area contributed by atoms with Crippen molar-refractivity contribution >= 4 is 12.6 Å². The van der Waals surface area contributed by atoms with Crippen LogP contribution >= 0.6 is 12.6 Å². The van der Waals surface area contributed by atoms with E-state index in [0.29, 0.717) is 6.61 Å². The summed E-state index contributed by atoms with van der Waals surface area (Å²) in [6, 6.07) is 41.8. The topological polar surface area (TPSA) is 21.3 Å². The van der Waals surface area contributed by atoms with Gasteiger partial charge in [-0.05, 0) is 22.3 Å². The lowest BCUT2D eigenvalue weighted by Crippen LogP contribution is -2.36. The number of thiol groups is 1. The van der Waals surface area contributed by atoms with Gasteiger partial charge < -0.3 is 10.1 Å². The van der Waals surface area contributed by atoms with Crippen LogP contribution in [0.4, 0.5) is 0 Å². The Bertz CT molecular complexity index is 959. The molecule has 1 unspecified atom stereocenters. The zero-order chi connectivity index (χ0) is 22.1. The van der Waals surface area contributed by atoms with E-state index in [4.69, 9.17) is 17.4 Å². The lowest BCUT2D eigenvalue weighted by atomic mass is 9.80. The summed E-state index contributed by atoms with van der Waals surface area (Å²) in [7, 11) is 0. The molecule has 0 aliphatic rings. The molecule has 0 aliphatic heterocycles. The van der Waals surface area contributed by atoms with Crippen molar-refractivity contribution in [1.29, 1.82) is 0 Å². The normalized spacial score (nSPS) is 12.4. The van der Waals surface area contributed by atoms with E-state index in [1.807, 2.05) is 24.3 Å². The van der Waals surface area contributed by atoms with Gasteiger partial charge in [-0.2, -0.15) is 12.6 Å². The van der Waals surface area contributed by atoms with Crippen LogP contribution in [-0.4, -0.2) is 18.4 Å². The Hall–Kier alpha value is -2.85. The third-order valence-corrected chi connectivity index (χ3v) is 5.92. The number of benzene rings is 4. The molecular weight excluding hydrogens is 410 g/mol. The molecule has 0 amide bonds. The highest BCUT2D eigenvalue weighted by atomic mass is 32.1. The minimum atomic E-state index is -0.704.